The van der Waals surface area contributed by atoms with Crippen molar-refractivity contribution in [2.75, 3.05) is 45.3 Å². The number of nitrogens with two attached hydrogens (primary N) is 1. The second-order valence-corrected chi connectivity index (χ2v) is 9.23. The number of rotatable bonds is 10. The zero-order chi connectivity index (χ0) is 27.3. The summed E-state index contributed by atoms with van der Waals surface area (Å²) in [5.74, 6) is 1.42. The maximum Gasteiger partial charge on any atom is 0.271 e. The SMILES string of the molecule is C=C(CNC)c1c(N)ncnc1NC(C)c1cc(Cl)c(C)c(-c2ccc(C(=O)N(C)C)nc2)c1OCC. The molecule has 1 aromatic carbocycles. The third-order valence-corrected chi connectivity index (χ3v) is 6.30. The molecule has 0 aliphatic rings. The average molecular weight is 524 g/mol. The molecule has 0 radical (unpaired) electrons. The van der Waals surface area contributed by atoms with E-state index in [1.54, 1.807) is 26.4 Å². The van der Waals surface area contributed by atoms with E-state index in [4.69, 9.17) is 22.1 Å². The molecular formula is C27H34ClN7O2. The number of hydrogen-bond acceptors (Lipinski definition) is 8. The van der Waals surface area contributed by atoms with Crippen LogP contribution in [0, 0.1) is 6.92 Å². The molecule has 2 heterocycles. The normalized spacial score (nSPS) is 11.6. The first-order valence-electron chi connectivity index (χ1n) is 11.9. The molecule has 1 amide bonds. The smallest absolute Gasteiger partial charge is 0.271 e. The molecule has 0 spiro atoms. The topological polar surface area (TPSA) is 118 Å². The Morgan fingerprint density at radius 1 is 1.27 bits per heavy atom. The second-order valence-electron chi connectivity index (χ2n) is 8.82. The van der Waals surface area contributed by atoms with Gasteiger partial charge in [0.15, 0.2) is 0 Å². The molecule has 0 aliphatic carbocycles. The number of hydrogen-bond donors (Lipinski definition) is 3. The quantitative estimate of drug-likeness (QED) is 0.353. The average Bonchev–Trinajstić information content (AvgIpc) is 2.86. The van der Waals surface area contributed by atoms with Crippen LogP contribution in [0.25, 0.3) is 16.7 Å². The van der Waals surface area contributed by atoms with Gasteiger partial charge in [-0.2, -0.15) is 0 Å². The summed E-state index contributed by atoms with van der Waals surface area (Å²) < 4.78 is 6.19. The van der Waals surface area contributed by atoms with Gasteiger partial charge in [-0.15, -0.1) is 0 Å². The minimum absolute atomic E-state index is 0.169. The molecule has 196 valence electrons. The van der Waals surface area contributed by atoms with Crippen LogP contribution >= 0.6 is 11.6 Å². The van der Waals surface area contributed by atoms with Gasteiger partial charge >= 0.3 is 0 Å². The van der Waals surface area contributed by atoms with Crippen molar-refractivity contribution in [1.29, 1.82) is 0 Å². The van der Waals surface area contributed by atoms with Crippen molar-refractivity contribution in [2.45, 2.75) is 26.8 Å². The Labute approximate surface area is 223 Å². The van der Waals surface area contributed by atoms with Gasteiger partial charge in [-0.25, -0.2) is 9.97 Å². The van der Waals surface area contributed by atoms with Crippen LogP contribution in [0.4, 0.5) is 11.6 Å². The maximum atomic E-state index is 12.3. The summed E-state index contributed by atoms with van der Waals surface area (Å²) in [5, 5.41) is 7.11. The minimum atomic E-state index is -0.267. The Bertz CT molecular complexity index is 1290. The number of ether oxygens (including phenoxy) is 1. The van der Waals surface area contributed by atoms with E-state index in [1.165, 1.54) is 11.2 Å². The van der Waals surface area contributed by atoms with Crippen molar-refractivity contribution in [3.63, 3.8) is 0 Å². The molecule has 3 rings (SSSR count). The Morgan fingerprint density at radius 3 is 2.59 bits per heavy atom. The highest BCUT2D eigenvalue weighted by molar-refractivity contribution is 6.32. The fraction of sp³-hybridized carbons (Fsp3) is 0.333. The maximum absolute atomic E-state index is 12.3. The predicted molar refractivity (Wildman–Crippen MR) is 150 cm³/mol. The lowest BCUT2D eigenvalue weighted by atomic mass is 9.94. The standard InChI is InChI=1S/C27H34ClN7O2/c1-8-37-24-19(17(4)34-26-22(15(2)12-30-5)25(29)32-14-33-26)11-20(28)16(3)23(24)18-9-10-21(31-13-18)27(36)35(6)7/h9-11,13-14,17,30H,2,8,12H2,1,3-7H3,(H3,29,32,33,34). The van der Waals surface area contributed by atoms with E-state index in [9.17, 15) is 4.79 Å². The largest absolute Gasteiger partial charge is 0.493 e. The molecule has 4 N–H and O–H groups in total. The monoisotopic (exact) mass is 523 g/mol. The molecule has 2 aromatic heterocycles. The first-order chi connectivity index (χ1) is 17.6. The van der Waals surface area contributed by atoms with E-state index >= 15 is 0 Å². The highest BCUT2D eigenvalue weighted by atomic mass is 35.5. The van der Waals surface area contributed by atoms with Gasteiger partial charge in [0.25, 0.3) is 5.91 Å². The summed E-state index contributed by atoms with van der Waals surface area (Å²) >= 11 is 6.73. The van der Waals surface area contributed by atoms with Gasteiger partial charge in [-0.05, 0) is 51.1 Å². The van der Waals surface area contributed by atoms with Crippen LogP contribution < -0.4 is 21.1 Å². The van der Waals surface area contributed by atoms with E-state index in [0.717, 1.165) is 27.8 Å². The number of halogens is 1. The van der Waals surface area contributed by atoms with Gasteiger partial charge in [0.2, 0.25) is 0 Å². The Kier molecular flexibility index (Phi) is 9.07. The molecule has 0 saturated heterocycles. The van der Waals surface area contributed by atoms with Gasteiger partial charge in [-0.3, -0.25) is 9.78 Å². The van der Waals surface area contributed by atoms with Gasteiger partial charge in [0, 0.05) is 48.5 Å². The fourth-order valence-corrected chi connectivity index (χ4v) is 4.26. The first-order valence-corrected chi connectivity index (χ1v) is 12.3. The summed E-state index contributed by atoms with van der Waals surface area (Å²) in [6.45, 7) is 11.0. The number of carbonyl (C=O) groups is 1. The number of anilines is 2. The van der Waals surface area contributed by atoms with Crippen molar-refractivity contribution in [1.82, 2.24) is 25.2 Å². The molecule has 1 unspecified atom stereocenters. The summed E-state index contributed by atoms with van der Waals surface area (Å²) in [6.07, 6.45) is 3.09. The minimum Gasteiger partial charge on any atom is -0.493 e. The number of likely N-dealkylation sites (N-methyl/N-ethyl adjacent to an activating group) is 1. The lowest BCUT2D eigenvalue weighted by Gasteiger charge is -2.24. The van der Waals surface area contributed by atoms with E-state index < -0.39 is 0 Å². The van der Waals surface area contributed by atoms with Gasteiger partial charge in [0.1, 0.15) is 29.4 Å². The van der Waals surface area contributed by atoms with E-state index in [-0.39, 0.29) is 11.9 Å². The zero-order valence-electron chi connectivity index (χ0n) is 22.1. The van der Waals surface area contributed by atoms with E-state index in [0.29, 0.717) is 46.8 Å². The zero-order valence-corrected chi connectivity index (χ0v) is 22.9. The van der Waals surface area contributed by atoms with Crippen LogP contribution in [0.5, 0.6) is 5.75 Å². The van der Waals surface area contributed by atoms with Crippen LogP contribution in [0.1, 0.15) is 47.1 Å². The Morgan fingerprint density at radius 2 is 2.00 bits per heavy atom. The number of pyridine rings is 1. The van der Waals surface area contributed by atoms with Crippen LogP contribution in [0.15, 0.2) is 37.3 Å². The van der Waals surface area contributed by atoms with Crippen molar-refractivity contribution in [3.05, 3.63) is 64.7 Å². The van der Waals surface area contributed by atoms with Gasteiger partial charge < -0.3 is 26.0 Å². The van der Waals surface area contributed by atoms with Crippen LogP contribution in [-0.4, -0.2) is 60.1 Å². The third kappa shape index (κ3) is 6.00. The number of nitrogens with one attached hydrogen (secondary N) is 2. The van der Waals surface area contributed by atoms with E-state index in [1.807, 2.05) is 40.0 Å². The predicted octanol–water partition coefficient (Wildman–Crippen LogP) is 4.59. The molecular weight excluding hydrogens is 490 g/mol. The number of benzene rings is 1. The van der Waals surface area contributed by atoms with Gasteiger partial charge in [0.05, 0.1) is 18.2 Å². The van der Waals surface area contributed by atoms with Crippen LogP contribution in [0.3, 0.4) is 0 Å². The van der Waals surface area contributed by atoms with Crippen molar-refractivity contribution in [3.8, 4) is 16.9 Å². The number of nitrogens with zero attached hydrogens (tertiary/aromatic N) is 4. The highest BCUT2D eigenvalue weighted by Gasteiger charge is 2.23. The molecule has 1 atom stereocenters. The summed E-state index contributed by atoms with van der Waals surface area (Å²) in [6, 6.07) is 5.19. The van der Waals surface area contributed by atoms with Crippen LogP contribution in [-0.2, 0) is 0 Å². The van der Waals surface area contributed by atoms with Gasteiger partial charge in [-0.1, -0.05) is 24.2 Å². The molecule has 10 heteroatoms. The highest BCUT2D eigenvalue weighted by Crippen LogP contribution is 2.43. The second kappa shape index (κ2) is 12.0. The molecule has 3 aromatic rings. The lowest BCUT2D eigenvalue weighted by Crippen LogP contribution is -2.22. The lowest BCUT2D eigenvalue weighted by molar-refractivity contribution is 0.0822. The number of aromatic nitrogens is 3. The number of carbonyl (C=O) groups excluding carboxylic acids is 1. The molecule has 9 nitrogen and oxygen atoms in total. The molecule has 0 aliphatic heterocycles. The molecule has 0 saturated carbocycles. The van der Waals surface area contributed by atoms with Crippen molar-refractivity contribution >= 4 is 34.7 Å². The molecule has 0 bridgehead atoms. The molecule has 0 fully saturated rings. The Hall–Kier alpha value is -3.69. The van der Waals surface area contributed by atoms with Crippen molar-refractivity contribution in [2.24, 2.45) is 0 Å². The Balaban J connectivity index is 2.10. The summed E-state index contributed by atoms with van der Waals surface area (Å²) in [5.41, 5.74) is 11.3. The molecule has 37 heavy (non-hydrogen) atoms. The van der Waals surface area contributed by atoms with Crippen LogP contribution in [0.2, 0.25) is 5.02 Å². The fourth-order valence-electron chi connectivity index (χ4n) is 4.05. The van der Waals surface area contributed by atoms with E-state index in [2.05, 4.69) is 32.2 Å². The first kappa shape index (κ1) is 27.9. The summed E-state index contributed by atoms with van der Waals surface area (Å²) in [7, 11) is 5.22. The number of amides is 1. The number of nitrogen functional groups attached to an aromatic ring is 1. The van der Waals surface area contributed by atoms with Crippen molar-refractivity contribution < 1.29 is 9.53 Å². The third-order valence-electron chi connectivity index (χ3n) is 5.91. The summed E-state index contributed by atoms with van der Waals surface area (Å²) in [4.78, 5) is 26.8.